The summed E-state index contributed by atoms with van der Waals surface area (Å²) in [5, 5.41) is 19.1. The van der Waals surface area contributed by atoms with Crippen LogP contribution in [0.5, 0.6) is 5.75 Å². The van der Waals surface area contributed by atoms with Crippen molar-refractivity contribution in [3.8, 4) is 5.75 Å². The number of hydrogen-bond acceptors (Lipinski definition) is 6. The van der Waals surface area contributed by atoms with Gasteiger partial charge in [0.05, 0.1) is 22.2 Å². The van der Waals surface area contributed by atoms with Crippen LogP contribution in [-0.2, 0) is 11.3 Å². The van der Waals surface area contributed by atoms with E-state index in [1.54, 1.807) is 60.7 Å². The van der Waals surface area contributed by atoms with Gasteiger partial charge in [0.25, 0.3) is 11.1 Å². The number of azo groups is 1. The van der Waals surface area contributed by atoms with Gasteiger partial charge < -0.3 is 5.11 Å². The summed E-state index contributed by atoms with van der Waals surface area (Å²) in [5.41, 5.74) is 2.04. The monoisotopic (exact) mass is 483 g/mol. The topological polar surface area (TPSA) is 82.3 Å². The summed E-state index contributed by atoms with van der Waals surface area (Å²) >= 11 is 12.9. The van der Waals surface area contributed by atoms with E-state index in [9.17, 15) is 14.7 Å². The number of halogens is 2. The largest absolute Gasteiger partial charge is 0.507 e. The number of thioether (sulfide) groups is 1. The van der Waals surface area contributed by atoms with Crippen LogP contribution in [0.3, 0.4) is 0 Å². The first-order valence-electron chi connectivity index (χ1n) is 9.40. The molecule has 4 rings (SSSR count). The summed E-state index contributed by atoms with van der Waals surface area (Å²) in [7, 11) is 0. The van der Waals surface area contributed by atoms with E-state index < -0.39 is 11.1 Å². The zero-order valence-electron chi connectivity index (χ0n) is 16.4. The molecule has 2 amide bonds. The third kappa shape index (κ3) is 5.02. The van der Waals surface area contributed by atoms with Crippen LogP contribution in [0.4, 0.5) is 16.2 Å². The second-order valence-corrected chi connectivity index (χ2v) is 8.63. The highest BCUT2D eigenvalue weighted by molar-refractivity contribution is 8.18. The molecular formula is C23H15Cl2N3O3S. The Hall–Kier alpha value is -3.13. The fraction of sp³-hybridized carbons (Fsp3) is 0.0435. The Morgan fingerprint density at radius 1 is 0.969 bits per heavy atom. The number of phenols is 1. The highest BCUT2D eigenvalue weighted by Crippen LogP contribution is 2.36. The Balaban J connectivity index is 1.57. The second-order valence-electron chi connectivity index (χ2n) is 6.79. The number of carbonyl (C=O) groups excluding carboxylic acids is 2. The van der Waals surface area contributed by atoms with Crippen molar-refractivity contribution in [3.63, 3.8) is 0 Å². The molecule has 1 saturated heterocycles. The van der Waals surface area contributed by atoms with Crippen molar-refractivity contribution in [1.82, 2.24) is 4.90 Å². The predicted octanol–water partition coefficient (Wildman–Crippen LogP) is 7.35. The van der Waals surface area contributed by atoms with Crippen LogP contribution in [-0.4, -0.2) is 21.2 Å². The minimum atomic E-state index is -0.442. The lowest BCUT2D eigenvalue weighted by Crippen LogP contribution is -2.27. The molecule has 0 spiro atoms. The lowest BCUT2D eigenvalue weighted by atomic mass is 10.1. The van der Waals surface area contributed by atoms with Gasteiger partial charge in [-0.05, 0) is 65.9 Å². The summed E-state index contributed by atoms with van der Waals surface area (Å²) < 4.78 is 0. The first-order valence-corrected chi connectivity index (χ1v) is 11.0. The number of phenolic OH excluding ortho intramolecular Hbond substituents is 1. The van der Waals surface area contributed by atoms with Crippen molar-refractivity contribution >= 4 is 63.6 Å². The number of benzene rings is 3. The first-order chi connectivity index (χ1) is 15.4. The molecule has 0 unspecified atom stereocenters. The molecule has 9 heteroatoms. The maximum absolute atomic E-state index is 12.8. The highest BCUT2D eigenvalue weighted by Gasteiger charge is 2.35. The van der Waals surface area contributed by atoms with Crippen LogP contribution >= 0.6 is 35.0 Å². The molecular weight excluding hydrogens is 469 g/mol. The lowest BCUT2D eigenvalue weighted by molar-refractivity contribution is -0.123. The average molecular weight is 484 g/mol. The minimum absolute atomic E-state index is 0.0525. The first kappa shape index (κ1) is 22.1. The van der Waals surface area contributed by atoms with Crippen molar-refractivity contribution in [2.24, 2.45) is 10.2 Å². The normalized spacial score (nSPS) is 15.3. The van der Waals surface area contributed by atoms with E-state index in [1.807, 2.05) is 0 Å². The van der Waals surface area contributed by atoms with Gasteiger partial charge >= 0.3 is 0 Å². The second kappa shape index (κ2) is 9.56. The summed E-state index contributed by atoms with van der Waals surface area (Å²) in [4.78, 5) is 26.5. The molecule has 3 aromatic rings. The minimum Gasteiger partial charge on any atom is -0.507 e. The molecule has 1 fully saturated rings. The van der Waals surface area contributed by atoms with Crippen molar-refractivity contribution in [2.75, 3.05) is 0 Å². The molecule has 3 aromatic carbocycles. The van der Waals surface area contributed by atoms with Crippen LogP contribution in [0.15, 0.2) is 81.9 Å². The van der Waals surface area contributed by atoms with Crippen molar-refractivity contribution in [1.29, 1.82) is 0 Å². The smallest absolute Gasteiger partial charge is 0.293 e. The molecule has 0 aliphatic carbocycles. The van der Waals surface area contributed by atoms with Gasteiger partial charge in [0.15, 0.2) is 0 Å². The van der Waals surface area contributed by atoms with Gasteiger partial charge in [-0.25, -0.2) is 0 Å². The fourth-order valence-corrected chi connectivity index (χ4v) is 4.18. The molecule has 1 aliphatic heterocycles. The SMILES string of the molecule is O=C1S/C(=C\c2cc(N=Nc3ccccc3Cl)ccc2O)C(=O)N1Cc1cccc(Cl)c1. The van der Waals surface area contributed by atoms with E-state index in [-0.39, 0.29) is 17.2 Å². The van der Waals surface area contributed by atoms with Crippen molar-refractivity contribution in [2.45, 2.75) is 6.54 Å². The van der Waals surface area contributed by atoms with Gasteiger partial charge in [0.2, 0.25) is 0 Å². The van der Waals surface area contributed by atoms with Crippen LogP contribution in [0, 0.1) is 0 Å². The van der Waals surface area contributed by atoms with E-state index in [0.717, 1.165) is 22.2 Å². The molecule has 0 aromatic heterocycles. The lowest BCUT2D eigenvalue weighted by Gasteiger charge is -2.12. The Labute approximate surface area is 198 Å². The molecule has 1 heterocycles. The zero-order valence-corrected chi connectivity index (χ0v) is 18.7. The summed E-state index contributed by atoms with van der Waals surface area (Å²) in [5.74, 6) is -0.495. The summed E-state index contributed by atoms with van der Waals surface area (Å²) in [6, 6.07) is 18.6. The molecule has 6 nitrogen and oxygen atoms in total. The van der Waals surface area contributed by atoms with Gasteiger partial charge in [0.1, 0.15) is 11.4 Å². The number of carbonyl (C=O) groups is 2. The van der Waals surface area contributed by atoms with E-state index in [0.29, 0.717) is 27.0 Å². The average Bonchev–Trinajstić information content (AvgIpc) is 3.02. The molecule has 0 bridgehead atoms. The quantitative estimate of drug-likeness (QED) is 0.303. The maximum Gasteiger partial charge on any atom is 0.293 e. The van der Waals surface area contributed by atoms with Crippen LogP contribution in [0.25, 0.3) is 6.08 Å². The van der Waals surface area contributed by atoms with Gasteiger partial charge in [-0.2, -0.15) is 5.11 Å². The Morgan fingerprint density at radius 3 is 2.56 bits per heavy atom. The molecule has 1 N–H and O–H groups in total. The Bertz CT molecular complexity index is 1280. The zero-order chi connectivity index (χ0) is 22.7. The van der Waals surface area contributed by atoms with Gasteiger partial charge in [-0.15, -0.1) is 5.11 Å². The van der Waals surface area contributed by atoms with Crippen LogP contribution < -0.4 is 0 Å². The van der Waals surface area contributed by atoms with Gasteiger partial charge in [-0.1, -0.05) is 47.5 Å². The molecule has 1 aliphatic rings. The summed E-state index contributed by atoms with van der Waals surface area (Å²) in [6.45, 7) is 0.112. The molecule has 0 atom stereocenters. The maximum atomic E-state index is 12.8. The highest BCUT2D eigenvalue weighted by atomic mass is 35.5. The fourth-order valence-electron chi connectivity index (χ4n) is 2.96. The third-order valence-electron chi connectivity index (χ3n) is 4.53. The Morgan fingerprint density at radius 2 is 1.78 bits per heavy atom. The van der Waals surface area contributed by atoms with Gasteiger partial charge in [0, 0.05) is 10.6 Å². The van der Waals surface area contributed by atoms with Crippen molar-refractivity contribution in [3.05, 3.63) is 92.8 Å². The predicted molar refractivity (Wildman–Crippen MR) is 127 cm³/mol. The molecule has 0 radical (unpaired) electrons. The van der Waals surface area contributed by atoms with E-state index in [4.69, 9.17) is 23.2 Å². The standard InChI is InChI=1S/C23H15Cl2N3O3S/c24-16-5-3-4-14(10-16)13-28-22(30)21(32-23(28)31)12-15-11-17(8-9-20(15)29)26-27-19-7-2-1-6-18(19)25/h1-12,29H,13H2/b21-12-,27-26?. The third-order valence-corrected chi connectivity index (χ3v) is 5.99. The number of amides is 2. The van der Waals surface area contributed by atoms with E-state index in [2.05, 4.69) is 10.2 Å². The van der Waals surface area contributed by atoms with E-state index >= 15 is 0 Å². The number of imide groups is 1. The van der Waals surface area contributed by atoms with E-state index in [1.165, 1.54) is 12.1 Å². The summed E-state index contributed by atoms with van der Waals surface area (Å²) in [6.07, 6.45) is 1.47. The van der Waals surface area contributed by atoms with Gasteiger partial charge in [-0.3, -0.25) is 14.5 Å². The number of aromatic hydroxyl groups is 1. The van der Waals surface area contributed by atoms with Crippen LogP contribution in [0.1, 0.15) is 11.1 Å². The number of rotatable bonds is 5. The van der Waals surface area contributed by atoms with Crippen LogP contribution in [0.2, 0.25) is 10.0 Å². The number of nitrogens with zero attached hydrogens (tertiary/aromatic N) is 3. The molecule has 160 valence electrons. The molecule has 32 heavy (non-hydrogen) atoms. The van der Waals surface area contributed by atoms with Crippen molar-refractivity contribution < 1.29 is 14.7 Å². The molecule has 0 saturated carbocycles. The Kier molecular flexibility index (Phi) is 6.60. The number of hydrogen-bond donors (Lipinski definition) is 1.